The van der Waals surface area contributed by atoms with Crippen molar-refractivity contribution in [2.24, 2.45) is 0 Å². The molecule has 0 heterocycles. The molecule has 21 heavy (non-hydrogen) atoms. The number of aliphatic hydroxyl groups excluding tert-OH is 1. The number of amides is 1. The quantitative estimate of drug-likeness (QED) is 0.801. The molecule has 5 nitrogen and oxygen atoms in total. The smallest absolute Gasteiger partial charge is 0.241 e. The molecule has 1 rings (SSSR count). The van der Waals surface area contributed by atoms with Gasteiger partial charge in [-0.1, -0.05) is 6.07 Å². The van der Waals surface area contributed by atoms with Crippen LogP contribution in [0.4, 0.5) is 5.69 Å². The van der Waals surface area contributed by atoms with Gasteiger partial charge < -0.3 is 15.2 Å². The van der Waals surface area contributed by atoms with Crippen molar-refractivity contribution in [3.63, 3.8) is 0 Å². The summed E-state index contributed by atoms with van der Waals surface area (Å²) in [5.74, 6) is -0.0923. The van der Waals surface area contributed by atoms with Crippen molar-refractivity contribution in [2.75, 3.05) is 32.6 Å². The summed E-state index contributed by atoms with van der Waals surface area (Å²) < 4.78 is 4.89. The SMILES string of the molecule is COCC(O)CN(C)C(C)C(=O)Nc1ccc(C)c(C)c1. The second kappa shape index (κ2) is 8.12. The standard InChI is InChI=1S/C16H26N2O3/c1-11-6-7-14(8-12(11)2)17-16(20)13(3)18(4)9-15(19)10-21-5/h6-8,13,15,19H,9-10H2,1-5H3,(H,17,20). The lowest BCUT2D eigenvalue weighted by Gasteiger charge is -2.26. The van der Waals surface area contributed by atoms with Gasteiger partial charge in [0, 0.05) is 19.3 Å². The number of aliphatic hydroxyl groups is 1. The third-order valence-corrected chi connectivity index (χ3v) is 3.67. The molecule has 2 unspecified atom stereocenters. The number of hydrogen-bond acceptors (Lipinski definition) is 4. The van der Waals surface area contributed by atoms with Crippen molar-refractivity contribution in [2.45, 2.75) is 32.9 Å². The predicted octanol–water partition coefficient (Wildman–Crippen LogP) is 1.57. The fourth-order valence-electron chi connectivity index (χ4n) is 2.00. The molecule has 0 bridgehead atoms. The van der Waals surface area contributed by atoms with Crippen molar-refractivity contribution in [1.82, 2.24) is 4.90 Å². The molecule has 1 amide bonds. The number of benzene rings is 1. The minimum absolute atomic E-state index is 0.0923. The summed E-state index contributed by atoms with van der Waals surface area (Å²) in [6, 6.07) is 5.51. The lowest BCUT2D eigenvalue weighted by Crippen LogP contribution is -2.44. The van der Waals surface area contributed by atoms with E-state index in [4.69, 9.17) is 4.74 Å². The summed E-state index contributed by atoms with van der Waals surface area (Å²) in [5, 5.41) is 12.6. The number of rotatable bonds is 7. The van der Waals surface area contributed by atoms with Crippen LogP contribution in [0.5, 0.6) is 0 Å². The second-order valence-electron chi connectivity index (χ2n) is 5.51. The van der Waals surface area contributed by atoms with E-state index in [0.29, 0.717) is 6.54 Å². The van der Waals surface area contributed by atoms with Crippen LogP contribution in [0, 0.1) is 13.8 Å². The Labute approximate surface area is 126 Å². The van der Waals surface area contributed by atoms with Gasteiger partial charge in [-0.2, -0.15) is 0 Å². The largest absolute Gasteiger partial charge is 0.389 e. The molecule has 0 saturated heterocycles. The van der Waals surface area contributed by atoms with E-state index in [2.05, 4.69) is 5.32 Å². The molecule has 0 aromatic heterocycles. The number of methoxy groups -OCH3 is 1. The first-order valence-corrected chi connectivity index (χ1v) is 7.10. The van der Waals surface area contributed by atoms with E-state index in [0.717, 1.165) is 11.3 Å². The number of carbonyl (C=O) groups excluding carboxylic acids is 1. The zero-order chi connectivity index (χ0) is 16.0. The zero-order valence-electron chi connectivity index (χ0n) is 13.5. The third kappa shape index (κ3) is 5.46. The zero-order valence-corrected chi connectivity index (χ0v) is 13.5. The van der Waals surface area contributed by atoms with Gasteiger partial charge >= 0.3 is 0 Å². The molecule has 0 radical (unpaired) electrons. The predicted molar refractivity (Wildman–Crippen MR) is 84.5 cm³/mol. The van der Waals surface area contributed by atoms with Gasteiger partial charge in [0.25, 0.3) is 0 Å². The van der Waals surface area contributed by atoms with Gasteiger partial charge in [-0.25, -0.2) is 0 Å². The van der Waals surface area contributed by atoms with Gasteiger partial charge in [0.05, 0.1) is 18.8 Å². The number of carbonyl (C=O) groups is 1. The van der Waals surface area contributed by atoms with Crippen LogP contribution in [0.1, 0.15) is 18.1 Å². The molecule has 1 aromatic carbocycles. The highest BCUT2D eigenvalue weighted by molar-refractivity contribution is 5.94. The maximum absolute atomic E-state index is 12.2. The van der Waals surface area contributed by atoms with Gasteiger partial charge in [-0.15, -0.1) is 0 Å². The van der Waals surface area contributed by atoms with Crippen molar-refractivity contribution in [1.29, 1.82) is 0 Å². The molecule has 0 saturated carbocycles. The van der Waals surface area contributed by atoms with Crippen LogP contribution in [0.15, 0.2) is 18.2 Å². The van der Waals surface area contributed by atoms with Gasteiger partial charge in [-0.3, -0.25) is 9.69 Å². The molecule has 2 N–H and O–H groups in total. The summed E-state index contributed by atoms with van der Waals surface area (Å²) in [7, 11) is 3.35. The fraction of sp³-hybridized carbons (Fsp3) is 0.562. The fourth-order valence-corrected chi connectivity index (χ4v) is 2.00. The van der Waals surface area contributed by atoms with E-state index in [-0.39, 0.29) is 18.6 Å². The molecule has 1 aromatic rings. The first-order chi connectivity index (χ1) is 9.85. The summed E-state index contributed by atoms with van der Waals surface area (Å²) in [6.45, 7) is 6.51. The number of hydrogen-bond donors (Lipinski definition) is 2. The van der Waals surface area contributed by atoms with Crippen molar-refractivity contribution in [3.05, 3.63) is 29.3 Å². The average molecular weight is 294 g/mol. The van der Waals surface area contributed by atoms with Gasteiger partial charge in [0.2, 0.25) is 5.91 Å². The first kappa shape index (κ1) is 17.6. The Kier molecular flexibility index (Phi) is 6.81. The number of aryl methyl sites for hydroxylation is 2. The van der Waals surface area contributed by atoms with E-state index in [9.17, 15) is 9.90 Å². The third-order valence-electron chi connectivity index (χ3n) is 3.67. The highest BCUT2D eigenvalue weighted by Gasteiger charge is 2.20. The summed E-state index contributed by atoms with van der Waals surface area (Å²) in [5.41, 5.74) is 3.13. The van der Waals surface area contributed by atoms with Gasteiger partial charge in [0.15, 0.2) is 0 Å². The Balaban J connectivity index is 2.59. The number of nitrogens with one attached hydrogen (secondary N) is 1. The Morgan fingerprint density at radius 1 is 1.38 bits per heavy atom. The Bertz CT molecular complexity index is 477. The lowest BCUT2D eigenvalue weighted by atomic mass is 10.1. The van der Waals surface area contributed by atoms with Crippen molar-refractivity contribution in [3.8, 4) is 0 Å². The van der Waals surface area contributed by atoms with Crippen LogP contribution < -0.4 is 5.32 Å². The van der Waals surface area contributed by atoms with Crippen molar-refractivity contribution < 1.29 is 14.6 Å². The Hall–Kier alpha value is -1.43. The highest BCUT2D eigenvalue weighted by Crippen LogP contribution is 2.14. The van der Waals surface area contributed by atoms with Crippen LogP contribution in [0.2, 0.25) is 0 Å². The van der Waals surface area contributed by atoms with Crippen LogP contribution in [-0.2, 0) is 9.53 Å². The van der Waals surface area contributed by atoms with Crippen LogP contribution in [0.3, 0.4) is 0 Å². The molecule has 118 valence electrons. The van der Waals surface area contributed by atoms with Crippen LogP contribution >= 0.6 is 0 Å². The molecule has 2 atom stereocenters. The highest BCUT2D eigenvalue weighted by atomic mass is 16.5. The molecule has 5 heteroatoms. The van der Waals surface area contributed by atoms with E-state index in [1.165, 1.54) is 5.56 Å². The molecule has 0 aliphatic rings. The number of ether oxygens (including phenoxy) is 1. The topological polar surface area (TPSA) is 61.8 Å². The van der Waals surface area contributed by atoms with Gasteiger partial charge in [-0.05, 0) is 51.1 Å². The minimum Gasteiger partial charge on any atom is -0.389 e. The summed E-state index contributed by atoms with van der Waals surface area (Å²) >= 11 is 0. The molecular formula is C16H26N2O3. The molecular weight excluding hydrogens is 268 g/mol. The van der Waals surface area contributed by atoms with E-state index in [1.807, 2.05) is 46.0 Å². The Morgan fingerprint density at radius 2 is 2.05 bits per heavy atom. The summed E-state index contributed by atoms with van der Waals surface area (Å²) in [6.07, 6.45) is -0.600. The maximum Gasteiger partial charge on any atom is 0.241 e. The van der Waals surface area contributed by atoms with E-state index >= 15 is 0 Å². The van der Waals surface area contributed by atoms with Crippen LogP contribution in [0.25, 0.3) is 0 Å². The lowest BCUT2D eigenvalue weighted by molar-refractivity contribution is -0.120. The van der Waals surface area contributed by atoms with E-state index < -0.39 is 6.10 Å². The first-order valence-electron chi connectivity index (χ1n) is 7.10. The van der Waals surface area contributed by atoms with Crippen LogP contribution in [-0.4, -0.2) is 55.4 Å². The van der Waals surface area contributed by atoms with Gasteiger partial charge in [0.1, 0.15) is 0 Å². The second-order valence-corrected chi connectivity index (χ2v) is 5.51. The summed E-state index contributed by atoms with van der Waals surface area (Å²) in [4.78, 5) is 14.0. The number of likely N-dealkylation sites (N-methyl/N-ethyl adjacent to an activating group) is 1. The molecule has 0 aliphatic carbocycles. The molecule has 0 aliphatic heterocycles. The molecule has 0 spiro atoms. The van der Waals surface area contributed by atoms with E-state index in [1.54, 1.807) is 12.0 Å². The normalized spacial score (nSPS) is 14.0. The minimum atomic E-state index is -0.600. The Morgan fingerprint density at radius 3 is 2.62 bits per heavy atom. The monoisotopic (exact) mass is 294 g/mol. The average Bonchev–Trinajstić information content (AvgIpc) is 2.42. The maximum atomic E-state index is 12.2. The van der Waals surface area contributed by atoms with Crippen molar-refractivity contribution >= 4 is 11.6 Å². The molecule has 0 fully saturated rings. The number of nitrogens with zero attached hydrogens (tertiary/aromatic N) is 1. The number of anilines is 1.